The Bertz CT molecular complexity index is 1200. The van der Waals surface area contributed by atoms with E-state index in [1.807, 2.05) is 16.9 Å². The van der Waals surface area contributed by atoms with Gasteiger partial charge in [0.15, 0.2) is 5.82 Å². The minimum Gasteiger partial charge on any atom is -0.443 e. The van der Waals surface area contributed by atoms with Crippen LogP contribution in [0.1, 0.15) is 32.9 Å². The maximum absolute atomic E-state index is 14.4. The van der Waals surface area contributed by atoms with Crippen LogP contribution in [0.5, 0.6) is 0 Å². The molecule has 2 aliphatic rings. The number of alkyl halides is 3. The Balaban J connectivity index is 1.63. The number of hydrazine groups is 1. The highest BCUT2D eigenvalue weighted by Crippen LogP contribution is 2.75. The molecule has 2 aromatic rings. The van der Waals surface area contributed by atoms with Crippen molar-refractivity contribution in [2.45, 2.75) is 39.0 Å². The van der Waals surface area contributed by atoms with Gasteiger partial charge in [-0.25, -0.2) is 19.1 Å². The third kappa shape index (κ3) is 3.40. The normalized spacial score (nSPS) is 24.2. The van der Waals surface area contributed by atoms with Crippen LogP contribution in [-0.4, -0.2) is 46.5 Å². The van der Waals surface area contributed by atoms with Crippen LogP contribution in [0.4, 0.5) is 28.0 Å². The van der Waals surface area contributed by atoms with E-state index in [4.69, 9.17) is 4.74 Å². The van der Waals surface area contributed by atoms with Crippen molar-refractivity contribution in [3.8, 4) is 6.07 Å². The number of ether oxygens (including phenoxy) is 1. The molecule has 2 N–H and O–H groups in total. The number of aromatic nitrogens is 2. The van der Waals surface area contributed by atoms with Crippen molar-refractivity contribution < 1.29 is 31.9 Å². The summed E-state index contributed by atoms with van der Waals surface area (Å²) in [7, 11) is 0. The predicted molar refractivity (Wildman–Crippen MR) is 105 cm³/mol. The minimum absolute atomic E-state index is 0.00144. The summed E-state index contributed by atoms with van der Waals surface area (Å²) in [5, 5.41) is 13.0. The van der Waals surface area contributed by atoms with E-state index in [1.165, 1.54) is 17.0 Å². The summed E-state index contributed by atoms with van der Waals surface area (Å²) in [6.45, 7) is 3.80. The molecule has 1 aliphatic carbocycles. The average Bonchev–Trinajstić information content (AvgIpc) is 3.02. The highest BCUT2D eigenvalue weighted by molar-refractivity contribution is 5.91. The number of piperidine rings is 1. The zero-order valence-corrected chi connectivity index (χ0v) is 17.9. The van der Waals surface area contributed by atoms with Crippen LogP contribution < -0.4 is 15.8 Å². The number of nitrogens with zero attached hydrogens (tertiary/aromatic N) is 4. The molecule has 13 heteroatoms. The first-order valence-electron chi connectivity index (χ1n) is 9.92. The van der Waals surface area contributed by atoms with Crippen LogP contribution in [0.25, 0.3) is 5.52 Å². The molecule has 2 aromatic heterocycles. The molecule has 9 nitrogen and oxygen atoms in total. The number of hydrogen-bond acceptors (Lipinski definition) is 6. The van der Waals surface area contributed by atoms with Crippen molar-refractivity contribution in [2.24, 2.45) is 10.8 Å². The van der Waals surface area contributed by atoms with Gasteiger partial charge in [0.05, 0.1) is 17.3 Å². The number of carbonyl (C=O) groups is 2. The Hall–Kier alpha value is -3.56. The second kappa shape index (κ2) is 6.97. The summed E-state index contributed by atoms with van der Waals surface area (Å²) < 4.78 is 62.7. The number of rotatable bonds is 2. The molecule has 2 atom stereocenters. The molecule has 0 radical (unpaired) electrons. The van der Waals surface area contributed by atoms with Crippen LogP contribution in [0.2, 0.25) is 0 Å². The molecule has 0 unspecified atom stereocenters. The van der Waals surface area contributed by atoms with Gasteiger partial charge in [-0.15, -0.1) is 0 Å². The van der Waals surface area contributed by atoms with Crippen molar-refractivity contribution >= 4 is 23.2 Å². The zero-order chi connectivity index (χ0) is 24.4. The van der Waals surface area contributed by atoms with E-state index >= 15 is 0 Å². The molecular weight excluding hydrogens is 448 g/mol. The van der Waals surface area contributed by atoms with Gasteiger partial charge in [0, 0.05) is 13.1 Å². The predicted octanol–water partition coefficient (Wildman–Crippen LogP) is 2.66. The fraction of sp³-hybridized carbons (Fsp3) is 0.500. The van der Waals surface area contributed by atoms with Gasteiger partial charge in [-0.3, -0.25) is 10.2 Å². The monoisotopic (exact) mass is 468 g/mol. The quantitative estimate of drug-likeness (QED) is 0.518. The highest BCUT2D eigenvalue weighted by Gasteiger charge is 2.86. The molecule has 1 saturated carbocycles. The van der Waals surface area contributed by atoms with E-state index < -0.39 is 53.4 Å². The van der Waals surface area contributed by atoms with Gasteiger partial charge in [-0.05, 0) is 39.3 Å². The number of hydrogen-bond donors (Lipinski definition) is 2. The molecule has 0 aromatic carbocycles. The van der Waals surface area contributed by atoms with Gasteiger partial charge in [-0.2, -0.15) is 23.5 Å². The summed E-state index contributed by atoms with van der Waals surface area (Å²) in [6, 6.07) is 4.49. The highest BCUT2D eigenvalue weighted by atomic mass is 19.4. The lowest BCUT2D eigenvalue weighted by molar-refractivity contribution is -0.191. The maximum Gasteiger partial charge on any atom is 0.426 e. The van der Waals surface area contributed by atoms with Crippen LogP contribution >= 0.6 is 0 Å². The van der Waals surface area contributed by atoms with Gasteiger partial charge in [0.2, 0.25) is 5.91 Å². The Morgan fingerprint density at radius 2 is 1.91 bits per heavy atom. The fourth-order valence-corrected chi connectivity index (χ4v) is 4.51. The average molecular weight is 468 g/mol. The lowest BCUT2D eigenvalue weighted by atomic mass is 9.95. The smallest absolute Gasteiger partial charge is 0.426 e. The molecule has 2 fully saturated rings. The number of pyridine rings is 1. The lowest BCUT2D eigenvalue weighted by Crippen LogP contribution is -2.49. The van der Waals surface area contributed by atoms with Crippen LogP contribution in [0, 0.1) is 28.0 Å². The summed E-state index contributed by atoms with van der Waals surface area (Å²) in [5.41, 5.74) is -1.19. The standard InChI is InChI=1S/C20H20F4N6O3/c1-17(2,3)33-16(32)28-27-15(31)18-8-19(18,20(22,23)24)10-29(9-18)13-5-4-11(6-25)30-14(13)12(21)7-26-30/h4-5,7H,8-10H2,1-3H3,(H,27,31)(H,28,32)/t18-,19-/m0/s1. The molecule has 33 heavy (non-hydrogen) atoms. The van der Waals surface area contributed by atoms with Gasteiger partial charge in [0.1, 0.15) is 28.3 Å². The molecule has 3 heterocycles. The Labute approximate surface area is 185 Å². The van der Waals surface area contributed by atoms with Crippen molar-refractivity contribution in [3.63, 3.8) is 0 Å². The molecule has 0 bridgehead atoms. The summed E-state index contributed by atoms with van der Waals surface area (Å²) in [5.74, 6) is -1.83. The van der Waals surface area contributed by atoms with E-state index in [1.54, 1.807) is 20.8 Å². The number of fused-ring (bicyclic) bond motifs is 2. The molecular formula is C20H20F4N6O3. The van der Waals surface area contributed by atoms with E-state index in [2.05, 4.69) is 5.10 Å². The van der Waals surface area contributed by atoms with Gasteiger partial charge < -0.3 is 9.64 Å². The molecule has 2 amide bonds. The first-order chi connectivity index (χ1) is 15.2. The number of nitrogens with one attached hydrogen (secondary N) is 2. The largest absolute Gasteiger partial charge is 0.443 e. The molecule has 1 saturated heterocycles. The third-order valence-corrected chi connectivity index (χ3v) is 6.02. The van der Waals surface area contributed by atoms with Crippen LogP contribution in [0.15, 0.2) is 18.3 Å². The lowest BCUT2D eigenvalue weighted by Gasteiger charge is -2.25. The first kappa shape index (κ1) is 22.6. The second-order valence-electron chi connectivity index (χ2n) is 9.24. The second-order valence-corrected chi connectivity index (χ2v) is 9.24. The summed E-state index contributed by atoms with van der Waals surface area (Å²) >= 11 is 0. The molecule has 176 valence electrons. The van der Waals surface area contributed by atoms with Gasteiger partial charge in [-0.1, -0.05) is 0 Å². The van der Waals surface area contributed by atoms with E-state index in [0.29, 0.717) is 0 Å². The Kier molecular flexibility index (Phi) is 4.78. The molecule has 0 spiro atoms. The van der Waals surface area contributed by atoms with Crippen molar-refractivity contribution in [1.82, 2.24) is 20.5 Å². The van der Waals surface area contributed by atoms with Gasteiger partial charge >= 0.3 is 12.3 Å². The zero-order valence-electron chi connectivity index (χ0n) is 17.9. The number of halogens is 4. The topological polar surface area (TPSA) is 112 Å². The minimum atomic E-state index is -4.73. The van der Waals surface area contributed by atoms with E-state index in [9.17, 15) is 32.4 Å². The van der Waals surface area contributed by atoms with Crippen molar-refractivity contribution in [3.05, 3.63) is 29.8 Å². The Morgan fingerprint density at radius 3 is 2.52 bits per heavy atom. The number of anilines is 1. The van der Waals surface area contributed by atoms with Crippen LogP contribution in [0.3, 0.4) is 0 Å². The molecule has 4 rings (SSSR count). The Morgan fingerprint density at radius 1 is 1.21 bits per heavy atom. The van der Waals surface area contributed by atoms with Crippen LogP contribution in [-0.2, 0) is 9.53 Å². The summed E-state index contributed by atoms with van der Waals surface area (Å²) in [6.07, 6.45) is -5.36. The van der Waals surface area contributed by atoms with E-state index in [0.717, 1.165) is 10.7 Å². The fourth-order valence-electron chi connectivity index (χ4n) is 4.51. The number of amides is 2. The van der Waals surface area contributed by atoms with Crippen molar-refractivity contribution in [1.29, 1.82) is 5.26 Å². The number of carbonyl (C=O) groups excluding carboxylic acids is 2. The summed E-state index contributed by atoms with van der Waals surface area (Å²) in [4.78, 5) is 25.9. The van der Waals surface area contributed by atoms with Crippen molar-refractivity contribution in [2.75, 3.05) is 18.0 Å². The van der Waals surface area contributed by atoms with E-state index in [-0.39, 0.29) is 23.4 Å². The third-order valence-electron chi connectivity index (χ3n) is 6.02. The first-order valence-corrected chi connectivity index (χ1v) is 9.92. The number of nitriles is 1. The maximum atomic E-state index is 14.4. The molecule has 1 aliphatic heterocycles. The van der Waals surface area contributed by atoms with Gasteiger partial charge in [0.25, 0.3) is 0 Å². The SMILES string of the molecule is CC(C)(C)OC(=O)NNC(=O)[C@]12CN(c3ccc(C#N)n4ncc(F)c34)C[C@@]1(C(F)(F)F)C2.